The van der Waals surface area contributed by atoms with E-state index in [1.807, 2.05) is 35.7 Å². The SMILES string of the molecule is COc1ccc(F)c(C=NNc2nc(-c3ccccc3)cs2)c1Br. The zero-order valence-corrected chi connectivity index (χ0v) is 15.1. The third kappa shape index (κ3) is 3.63. The van der Waals surface area contributed by atoms with E-state index in [-0.39, 0.29) is 0 Å². The Morgan fingerprint density at radius 1 is 1.25 bits per heavy atom. The van der Waals surface area contributed by atoms with Crippen LogP contribution in [0.3, 0.4) is 0 Å². The summed E-state index contributed by atoms with van der Waals surface area (Å²) in [5.41, 5.74) is 5.03. The van der Waals surface area contributed by atoms with Crippen LogP contribution in [-0.4, -0.2) is 18.3 Å². The molecule has 0 bridgehead atoms. The summed E-state index contributed by atoms with van der Waals surface area (Å²) in [5, 5.41) is 6.63. The van der Waals surface area contributed by atoms with Crippen LogP contribution in [-0.2, 0) is 0 Å². The summed E-state index contributed by atoms with van der Waals surface area (Å²) in [5.74, 6) is 0.149. The number of thiazole rings is 1. The average Bonchev–Trinajstić information content (AvgIpc) is 3.08. The van der Waals surface area contributed by atoms with E-state index in [1.54, 1.807) is 6.07 Å². The van der Waals surface area contributed by atoms with Crippen molar-refractivity contribution in [2.75, 3.05) is 12.5 Å². The van der Waals surface area contributed by atoms with Crippen LogP contribution in [0.25, 0.3) is 11.3 Å². The first-order chi connectivity index (χ1) is 11.7. The second kappa shape index (κ2) is 7.55. The molecule has 0 unspecified atom stereocenters. The molecule has 3 rings (SSSR count). The monoisotopic (exact) mass is 405 g/mol. The molecular weight excluding hydrogens is 393 g/mol. The van der Waals surface area contributed by atoms with Crippen LogP contribution in [0.1, 0.15) is 5.56 Å². The summed E-state index contributed by atoms with van der Waals surface area (Å²) < 4.78 is 19.6. The molecule has 24 heavy (non-hydrogen) atoms. The number of hydrazone groups is 1. The Hall–Kier alpha value is -2.25. The van der Waals surface area contributed by atoms with Crippen molar-refractivity contribution in [3.8, 4) is 17.0 Å². The van der Waals surface area contributed by atoms with E-state index in [2.05, 4.69) is 31.4 Å². The summed E-state index contributed by atoms with van der Waals surface area (Å²) in [4.78, 5) is 4.45. The van der Waals surface area contributed by atoms with E-state index in [4.69, 9.17) is 4.74 Å². The molecular formula is C17H13BrFN3OS. The summed E-state index contributed by atoms with van der Waals surface area (Å²) in [6.07, 6.45) is 1.39. The van der Waals surface area contributed by atoms with Crippen molar-refractivity contribution < 1.29 is 9.13 Å². The fourth-order valence-corrected chi connectivity index (χ4v) is 3.30. The highest BCUT2D eigenvalue weighted by Gasteiger charge is 2.10. The summed E-state index contributed by atoms with van der Waals surface area (Å²) >= 11 is 4.75. The Morgan fingerprint density at radius 3 is 2.79 bits per heavy atom. The molecule has 1 N–H and O–H groups in total. The number of hydrogen-bond acceptors (Lipinski definition) is 5. The molecule has 0 aliphatic carbocycles. The minimum absolute atomic E-state index is 0.307. The van der Waals surface area contributed by atoms with Crippen molar-refractivity contribution in [2.45, 2.75) is 0 Å². The largest absolute Gasteiger partial charge is 0.496 e. The highest BCUT2D eigenvalue weighted by Crippen LogP contribution is 2.29. The standard InChI is InChI=1S/C17H13BrFN3OS/c1-23-15-8-7-13(19)12(16(15)18)9-20-22-17-21-14(10-24-17)11-5-3-2-4-6-11/h2-10H,1H3,(H,21,22). The van der Waals surface area contributed by atoms with Gasteiger partial charge in [0.1, 0.15) is 11.6 Å². The molecule has 3 aromatic rings. The first-order valence-electron chi connectivity index (χ1n) is 7.01. The van der Waals surface area contributed by atoms with E-state index in [0.717, 1.165) is 11.3 Å². The number of hydrogen-bond donors (Lipinski definition) is 1. The Labute approximate surface area is 151 Å². The van der Waals surface area contributed by atoms with E-state index in [0.29, 0.717) is 20.9 Å². The van der Waals surface area contributed by atoms with E-state index in [9.17, 15) is 4.39 Å². The minimum Gasteiger partial charge on any atom is -0.496 e. The van der Waals surface area contributed by atoms with Gasteiger partial charge in [-0.05, 0) is 28.1 Å². The van der Waals surface area contributed by atoms with Crippen LogP contribution in [0.15, 0.2) is 57.4 Å². The molecule has 2 aromatic carbocycles. The molecule has 0 radical (unpaired) electrons. The summed E-state index contributed by atoms with van der Waals surface area (Å²) in [6.45, 7) is 0. The summed E-state index contributed by atoms with van der Waals surface area (Å²) in [7, 11) is 1.53. The van der Waals surface area contributed by atoms with Crippen molar-refractivity contribution >= 4 is 38.6 Å². The molecule has 1 heterocycles. The van der Waals surface area contributed by atoms with Crippen molar-refractivity contribution in [1.29, 1.82) is 0 Å². The van der Waals surface area contributed by atoms with Crippen LogP contribution in [0.4, 0.5) is 9.52 Å². The number of nitrogens with one attached hydrogen (secondary N) is 1. The average molecular weight is 406 g/mol. The molecule has 122 valence electrons. The van der Waals surface area contributed by atoms with Crippen molar-refractivity contribution in [3.05, 3.63) is 63.7 Å². The number of ether oxygens (including phenoxy) is 1. The zero-order valence-electron chi connectivity index (χ0n) is 12.7. The number of methoxy groups -OCH3 is 1. The molecule has 7 heteroatoms. The van der Waals surface area contributed by atoms with Gasteiger partial charge in [-0.25, -0.2) is 9.37 Å². The maximum Gasteiger partial charge on any atom is 0.203 e. The fourth-order valence-electron chi connectivity index (χ4n) is 2.04. The quantitative estimate of drug-likeness (QED) is 0.470. The smallest absolute Gasteiger partial charge is 0.203 e. The second-order valence-electron chi connectivity index (χ2n) is 4.75. The van der Waals surface area contributed by atoms with E-state index < -0.39 is 5.82 Å². The number of rotatable bonds is 5. The number of anilines is 1. The lowest BCUT2D eigenvalue weighted by Gasteiger charge is -2.06. The van der Waals surface area contributed by atoms with Gasteiger partial charge in [0.25, 0.3) is 0 Å². The molecule has 0 saturated heterocycles. The van der Waals surface area contributed by atoms with Gasteiger partial charge in [0, 0.05) is 16.5 Å². The predicted molar refractivity (Wildman–Crippen MR) is 99.4 cm³/mol. The number of nitrogens with zero attached hydrogens (tertiary/aromatic N) is 2. The lowest BCUT2D eigenvalue weighted by atomic mass is 10.2. The van der Waals surface area contributed by atoms with Gasteiger partial charge in [-0.3, -0.25) is 5.43 Å². The van der Waals surface area contributed by atoms with Crippen molar-refractivity contribution in [3.63, 3.8) is 0 Å². The molecule has 0 fully saturated rings. The second-order valence-corrected chi connectivity index (χ2v) is 6.40. The molecule has 4 nitrogen and oxygen atoms in total. The maximum absolute atomic E-state index is 13.9. The topological polar surface area (TPSA) is 46.5 Å². The van der Waals surface area contributed by atoms with Crippen molar-refractivity contribution in [1.82, 2.24) is 4.98 Å². The van der Waals surface area contributed by atoms with Gasteiger partial charge < -0.3 is 4.74 Å². The van der Waals surface area contributed by atoms with E-state index >= 15 is 0 Å². The Morgan fingerprint density at radius 2 is 2.04 bits per heavy atom. The van der Waals surface area contributed by atoms with Crippen LogP contribution >= 0.6 is 27.3 Å². The molecule has 0 saturated carbocycles. The molecule has 0 aliphatic heterocycles. The molecule has 0 spiro atoms. The Kier molecular flexibility index (Phi) is 5.22. The lowest BCUT2D eigenvalue weighted by molar-refractivity contribution is 0.411. The van der Waals surface area contributed by atoms with Crippen LogP contribution in [0, 0.1) is 5.82 Å². The molecule has 0 amide bonds. The molecule has 0 atom stereocenters. The minimum atomic E-state index is -0.391. The number of halogens is 2. The first-order valence-corrected chi connectivity index (χ1v) is 8.68. The predicted octanol–water partition coefficient (Wildman–Crippen LogP) is 5.17. The van der Waals surface area contributed by atoms with Gasteiger partial charge in [0.05, 0.1) is 23.5 Å². The summed E-state index contributed by atoms with van der Waals surface area (Å²) in [6, 6.07) is 12.8. The number of benzene rings is 2. The fraction of sp³-hybridized carbons (Fsp3) is 0.0588. The highest BCUT2D eigenvalue weighted by molar-refractivity contribution is 9.10. The Bertz CT molecular complexity index is 868. The van der Waals surface area contributed by atoms with Gasteiger partial charge in [0.15, 0.2) is 0 Å². The normalized spacial score (nSPS) is 11.0. The van der Waals surface area contributed by atoms with Crippen LogP contribution in [0.2, 0.25) is 0 Å². The zero-order chi connectivity index (χ0) is 16.9. The highest BCUT2D eigenvalue weighted by atomic mass is 79.9. The van der Waals surface area contributed by atoms with E-state index in [1.165, 1.54) is 30.7 Å². The van der Waals surface area contributed by atoms with Gasteiger partial charge in [-0.2, -0.15) is 5.10 Å². The Balaban J connectivity index is 1.75. The van der Waals surface area contributed by atoms with Gasteiger partial charge >= 0.3 is 0 Å². The third-order valence-electron chi connectivity index (χ3n) is 3.24. The maximum atomic E-state index is 13.9. The first kappa shape index (κ1) is 16.6. The van der Waals surface area contributed by atoms with Crippen LogP contribution in [0.5, 0.6) is 5.75 Å². The molecule has 0 aliphatic rings. The van der Waals surface area contributed by atoms with Gasteiger partial charge in [0.2, 0.25) is 5.13 Å². The van der Waals surface area contributed by atoms with Crippen LogP contribution < -0.4 is 10.2 Å². The van der Waals surface area contributed by atoms with Crippen molar-refractivity contribution in [2.24, 2.45) is 5.10 Å². The number of aromatic nitrogens is 1. The molecule has 1 aromatic heterocycles. The lowest BCUT2D eigenvalue weighted by Crippen LogP contribution is -1.96. The van der Waals surface area contributed by atoms with Gasteiger partial charge in [-0.1, -0.05) is 30.3 Å². The third-order valence-corrected chi connectivity index (χ3v) is 4.80. The van der Waals surface area contributed by atoms with Gasteiger partial charge in [-0.15, -0.1) is 11.3 Å².